The van der Waals surface area contributed by atoms with Crippen LogP contribution in [0.15, 0.2) is 53.4 Å². The number of carbonyl (C=O) groups excluding carboxylic acids is 3. The lowest BCUT2D eigenvalue weighted by Gasteiger charge is -2.32. The summed E-state index contributed by atoms with van der Waals surface area (Å²) in [6.45, 7) is 7.56. The van der Waals surface area contributed by atoms with Crippen LogP contribution in [0, 0.1) is 6.92 Å². The van der Waals surface area contributed by atoms with Crippen LogP contribution in [0.4, 0.5) is 0 Å². The summed E-state index contributed by atoms with van der Waals surface area (Å²) in [5.74, 6) is -1.28. The molecule has 3 amide bonds. The summed E-state index contributed by atoms with van der Waals surface area (Å²) in [6, 6.07) is 12.9. The number of amides is 3. The number of fused-ring (bicyclic) bond motifs is 1. The lowest BCUT2D eigenvalue weighted by molar-refractivity contribution is -0.141. The highest BCUT2D eigenvalue weighted by molar-refractivity contribution is 7.90. The Morgan fingerprint density at radius 3 is 2.31 bits per heavy atom. The van der Waals surface area contributed by atoms with E-state index in [1.165, 1.54) is 17.0 Å². The van der Waals surface area contributed by atoms with E-state index in [1.807, 2.05) is 52.0 Å². The lowest BCUT2D eigenvalue weighted by Crippen LogP contribution is -2.51. The molecule has 0 spiro atoms. The van der Waals surface area contributed by atoms with Crippen molar-refractivity contribution in [1.82, 2.24) is 14.5 Å². The molecule has 0 aliphatic carbocycles. The molecule has 1 N–H and O–H groups in total. The van der Waals surface area contributed by atoms with Gasteiger partial charge < -0.3 is 10.2 Å². The van der Waals surface area contributed by atoms with Gasteiger partial charge >= 0.3 is 0 Å². The van der Waals surface area contributed by atoms with Crippen molar-refractivity contribution in [3.63, 3.8) is 0 Å². The molecule has 3 rings (SSSR count). The molecule has 9 heteroatoms. The van der Waals surface area contributed by atoms with Crippen LogP contribution < -0.4 is 5.32 Å². The molecule has 0 bridgehead atoms. The predicted octanol–water partition coefficient (Wildman–Crippen LogP) is 3.25. The summed E-state index contributed by atoms with van der Waals surface area (Å²) in [5.41, 5.74) is 1.99. The molecule has 0 unspecified atom stereocenters. The zero-order valence-electron chi connectivity index (χ0n) is 20.7. The van der Waals surface area contributed by atoms with Gasteiger partial charge in [0, 0.05) is 25.6 Å². The number of hydrogen-bond donors (Lipinski definition) is 1. The molecule has 0 saturated heterocycles. The van der Waals surface area contributed by atoms with E-state index >= 15 is 0 Å². The summed E-state index contributed by atoms with van der Waals surface area (Å²) in [4.78, 5) is 40.7. The molecule has 8 nitrogen and oxygen atoms in total. The number of nitrogens with one attached hydrogen (secondary N) is 1. The van der Waals surface area contributed by atoms with Crippen molar-refractivity contribution in [1.29, 1.82) is 0 Å². The number of carbonyl (C=O) groups is 3. The van der Waals surface area contributed by atoms with Crippen LogP contribution in [-0.2, 0) is 26.2 Å². The highest BCUT2D eigenvalue weighted by Crippen LogP contribution is 2.30. The average molecular weight is 500 g/mol. The van der Waals surface area contributed by atoms with Crippen LogP contribution >= 0.6 is 0 Å². The average Bonchev–Trinajstić information content (AvgIpc) is 3.03. The van der Waals surface area contributed by atoms with Crippen LogP contribution in [0.25, 0.3) is 0 Å². The van der Waals surface area contributed by atoms with E-state index in [0.29, 0.717) is 6.42 Å². The molecule has 1 aliphatic heterocycles. The topological polar surface area (TPSA) is 104 Å². The SMILES string of the molecule is CC[C@@H](C)NC(=O)[C@@H](CC)N(Cc1ccccc1C)C(=O)CCN1C(=O)c2ccccc2S1(=O)=O. The first-order valence-corrected chi connectivity index (χ1v) is 13.4. The third-order valence-corrected chi connectivity index (χ3v) is 8.27. The second-order valence-corrected chi connectivity index (χ2v) is 10.6. The van der Waals surface area contributed by atoms with Gasteiger partial charge in [-0.25, -0.2) is 12.7 Å². The van der Waals surface area contributed by atoms with Crippen LogP contribution in [0.1, 0.15) is 61.5 Å². The summed E-state index contributed by atoms with van der Waals surface area (Å²) in [7, 11) is -4.01. The van der Waals surface area contributed by atoms with Crippen molar-refractivity contribution in [3.8, 4) is 0 Å². The predicted molar refractivity (Wildman–Crippen MR) is 133 cm³/mol. The number of aryl methyl sites for hydroxylation is 1. The fourth-order valence-electron chi connectivity index (χ4n) is 4.12. The molecule has 0 aromatic heterocycles. The normalized spacial score (nSPS) is 15.9. The molecule has 2 atom stereocenters. The van der Waals surface area contributed by atoms with Gasteiger partial charge in [0.2, 0.25) is 11.8 Å². The number of nitrogens with zero attached hydrogens (tertiary/aromatic N) is 2. The van der Waals surface area contributed by atoms with E-state index in [0.717, 1.165) is 21.9 Å². The first kappa shape index (κ1) is 26.4. The Hall–Kier alpha value is -3.20. The Balaban J connectivity index is 1.84. The van der Waals surface area contributed by atoms with Gasteiger partial charge in [0.1, 0.15) is 10.9 Å². The summed E-state index contributed by atoms with van der Waals surface area (Å²) < 4.78 is 26.5. The van der Waals surface area contributed by atoms with Gasteiger partial charge in [-0.1, -0.05) is 50.2 Å². The molecule has 1 heterocycles. The Bertz CT molecular complexity index is 1210. The minimum atomic E-state index is -4.01. The van der Waals surface area contributed by atoms with E-state index in [2.05, 4.69) is 5.32 Å². The fraction of sp³-hybridized carbons (Fsp3) is 0.423. The highest BCUT2D eigenvalue weighted by atomic mass is 32.2. The third kappa shape index (κ3) is 5.56. The largest absolute Gasteiger partial charge is 0.352 e. The van der Waals surface area contributed by atoms with E-state index < -0.39 is 27.9 Å². The molecular weight excluding hydrogens is 466 g/mol. The van der Waals surface area contributed by atoms with E-state index in [9.17, 15) is 22.8 Å². The number of sulfonamides is 1. The molecule has 0 fully saturated rings. The van der Waals surface area contributed by atoms with Gasteiger partial charge in [-0.3, -0.25) is 14.4 Å². The standard InChI is InChI=1S/C26H33N3O5S/c1-5-19(4)27-25(31)22(6-2)28(17-20-12-8-7-11-18(20)3)24(30)15-16-29-26(32)21-13-9-10-14-23(21)35(29,33)34/h7-14,19,22H,5-6,15-17H2,1-4H3,(H,27,31)/t19-,22-/m1/s1. The van der Waals surface area contributed by atoms with Crippen molar-refractivity contribution in [2.24, 2.45) is 0 Å². The van der Waals surface area contributed by atoms with E-state index in [-0.39, 0.29) is 41.9 Å². The van der Waals surface area contributed by atoms with Crippen LogP contribution in [0.2, 0.25) is 0 Å². The van der Waals surface area contributed by atoms with Crippen LogP contribution in [0.3, 0.4) is 0 Å². The molecule has 188 valence electrons. The maximum absolute atomic E-state index is 13.5. The zero-order valence-corrected chi connectivity index (χ0v) is 21.5. The van der Waals surface area contributed by atoms with Gasteiger partial charge in [0.15, 0.2) is 0 Å². The van der Waals surface area contributed by atoms with Gasteiger partial charge in [-0.05, 0) is 49.9 Å². The second-order valence-electron chi connectivity index (χ2n) is 8.82. The monoisotopic (exact) mass is 499 g/mol. The zero-order chi connectivity index (χ0) is 25.8. The van der Waals surface area contributed by atoms with Gasteiger partial charge in [0.25, 0.3) is 15.9 Å². The van der Waals surface area contributed by atoms with Crippen LogP contribution in [-0.4, -0.2) is 54.0 Å². The van der Waals surface area contributed by atoms with Crippen molar-refractivity contribution in [3.05, 3.63) is 65.2 Å². The molecule has 1 aliphatic rings. The molecule has 0 saturated carbocycles. The van der Waals surface area contributed by atoms with E-state index in [1.54, 1.807) is 12.1 Å². The number of rotatable bonds is 10. The van der Waals surface area contributed by atoms with Crippen molar-refractivity contribution >= 4 is 27.7 Å². The smallest absolute Gasteiger partial charge is 0.269 e. The molecule has 35 heavy (non-hydrogen) atoms. The number of benzene rings is 2. The minimum Gasteiger partial charge on any atom is -0.352 e. The molecule has 2 aromatic rings. The van der Waals surface area contributed by atoms with Crippen molar-refractivity contribution in [2.45, 2.75) is 70.5 Å². The Labute approximate surface area is 207 Å². The quantitative estimate of drug-likeness (QED) is 0.540. The summed E-state index contributed by atoms with van der Waals surface area (Å²) >= 11 is 0. The van der Waals surface area contributed by atoms with Gasteiger partial charge in [-0.2, -0.15) is 0 Å². The van der Waals surface area contributed by atoms with E-state index in [4.69, 9.17) is 0 Å². The maximum atomic E-state index is 13.5. The molecular formula is C26H33N3O5S. The molecule has 0 radical (unpaired) electrons. The first-order chi connectivity index (χ1) is 16.6. The fourth-order valence-corrected chi connectivity index (χ4v) is 5.69. The van der Waals surface area contributed by atoms with Crippen LogP contribution in [0.5, 0.6) is 0 Å². The Morgan fingerprint density at radius 2 is 1.69 bits per heavy atom. The first-order valence-electron chi connectivity index (χ1n) is 11.9. The van der Waals surface area contributed by atoms with Crippen molar-refractivity contribution in [2.75, 3.05) is 6.54 Å². The Kier molecular flexibility index (Phi) is 8.32. The maximum Gasteiger partial charge on any atom is 0.269 e. The summed E-state index contributed by atoms with van der Waals surface area (Å²) in [5, 5.41) is 2.95. The lowest BCUT2D eigenvalue weighted by atomic mass is 10.1. The van der Waals surface area contributed by atoms with Gasteiger partial charge in [0.05, 0.1) is 5.56 Å². The van der Waals surface area contributed by atoms with Crippen molar-refractivity contribution < 1.29 is 22.8 Å². The molecule has 2 aromatic carbocycles. The minimum absolute atomic E-state index is 0.0437. The Morgan fingerprint density at radius 1 is 1.03 bits per heavy atom. The third-order valence-electron chi connectivity index (χ3n) is 6.43. The highest BCUT2D eigenvalue weighted by Gasteiger charge is 2.41. The summed E-state index contributed by atoms with van der Waals surface area (Å²) in [6.07, 6.45) is 0.924. The van der Waals surface area contributed by atoms with Gasteiger partial charge in [-0.15, -0.1) is 0 Å². The number of hydrogen-bond acceptors (Lipinski definition) is 5. The second kappa shape index (κ2) is 11.0.